The Labute approximate surface area is 121 Å². The van der Waals surface area contributed by atoms with Crippen LogP contribution in [0.15, 0.2) is 12.7 Å². The van der Waals surface area contributed by atoms with E-state index in [0.29, 0.717) is 19.4 Å². The van der Waals surface area contributed by atoms with Crippen LogP contribution in [0.1, 0.15) is 40.0 Å². The van der Waals surface area contributed by atoms with E-state index in [2.05, 4.69) is 16.2 Å². The maximum absolute atomic E-state index is 11.1. The second-order valence-electron chi connectivity index (χ2n) is 6.25. The SMILES string of the molecule is C=CCC1(C(=O)O)CCCN(C)C1.CC(C)(C)OC=O. The molecular formula is C15H27NO4. The number of carboxylic acids is 1. The molecule has 20 heavy (non-hydrogen) atoms. The van der Waals surface area contributed by atoms with E-state index in [-0.39, 0.29) is 5.60 Å². The van der Waals surface area contributed by atoms with Crippen LogP contribution >= 0.6 is 0 Å². The summed E-state index contributed by atoms with van der Waals surface area (Å²) in [5.41, 5.74) is -0.892. The Kier molecular flexibility index (Phi) is 7.50. The predicted octanol–water partition coefficient (Wildman–Crippen LogP) is 2.32. The van der Waals surface area contributed by atoms with Crippen LogP contribution in [0.4, 0.5) is 0 Å². The lowest BCUT2D eigenvalue weighted by Gasteiger charge is -2.37. The Morgan fingerprint density at radius 3 is 2.40 bits per heavy atom. The van der Waals surface area contributed by atoms with E-state index in [0.717, 1.165) is 19.4 Å². The molecule has 1 atom stereocenters. The van der Waals surface area contributed by atoms with Crippen molar-refractivity contribution in [2.24, 2.45) is 5.41 Å². The van der Waals surface area contributed by atoms with Crippen molar-refractivity contribution in [3.05, 3.63) is 12.7 Å². The fraction of sp³-hybridized carbons (Fsp3) is 0.733. The van der Waals surface area contributed by atoms with Crippen LogP contribution in [0, 0.1) is 5.41 Å². The Hall–Kier alpha value is -1.36. The van der Waals surface area contributed by atoms with E-state index in [1.807, 2.05) is 27.8 Å². The summed E-state index contributed by atoms with van der Waals surface area (Å²) in [6.45, 7) is 11.2. The Balaban J connectivity index is 0.000000441. The fourth-order valence-electron chi connectivity index (χ4n) is 2.21. The molecule has 0 amide bonds. The highest BCUT2D eigenvalue weighted by Gasteiger charge is 2.40. The van der Waals surface area contributed by atoms with Gasteiger partial charge in [-0.25, -0.2) is 0 Å². The Bertz CT molecular complexity index is 335. The summed E-state index contributed by atoms with van der Waals surface area (Å²) in [5.74, 6) is -0.682. The van der Waals surface area contributed by atoms with Crippen LogP contribution in [0.25, 0.3) is 0 Å². The number of piperidine rings is 1. The molecule has 0 bridgehead atoms. The second-order valence-corrected chi connectivity index (χ2v) is 6.25. The van der Waals surface area contributed by atoms with E-state index in [4.69, 9.17) is 5.11 Å². The normalized spacial score (nSPS) is 23.2. The number of carboxylic acid groups (broad SMARTS) is 1. The molecule has 5 nitrogen and oxygen atoms in total. The van der Waals surface area contributed by atoms with E-state index in [9.17, 15) is 9.59 Å². The van der Waals surface area contributed by atoms with Gasteiger partial charge in [0.2, 0.25) is 0 Å². The number of allylic oxidation sites excluding steroid dienone is 1. The molecule has 1 unspecified atom stereocenters. The summed E-state index contributed by atoms with van der Waals surface area (Å²) in [6.07, 6.45) is 4.04. The van der Waals surface area contributed by atoms with Gasteiger partial charge in [-0.1, -0.05) is 6.08 Å². The number of rotatable bonds is 4. The van der Waals surface area contributed by atoms with Gasteiger partial charge in [0, 0.05) is 6.54 Å². The first-order chi connectivity index (χ1) is 9.17. The average molecular weight is 285 g/mol. The first-order valence-corrected chi connectivity index (χ1v) is 6.81. The van der Waals surface area contributed by atoms with Gasteiger partial charge in [-0.2, -0.15) is 0 Å². The first kappa shape index (κ1) is 18.6. The van der Waals surface area contributed by atoms with Crippen molar-refractivity contribution in [2.75, 3.05) is 20.1 Å². The molecule has 0 aliphatic carbocycles. The third-order valence-corrected chi connectivity index (χ3v) is 3.16. The van der Waals surface area contributed by atoms with E-state index < -0.39 is 11.4 Å². The molecule has 0 aromatic carbocycles. The number of carbonyl (C=O) groups is 2. The zero-order valence-electron chi connectivity index (χ0n) is 13.0. The van der Waals surface area contributed by atoms with Crippen LogP contribution in [0.2, 0.25) is 0 Å². The Morgan fingerprint density at radius 2 is 2.10 bits per heavy atom. The van der Waals surface area contributed by atoms with Gasteiger partial charge in [-0.15, -0.1) is 6.58 Å². The van der Waals surface area contributed by atoms with Crippen molar-refractivity contribution in [3.8, 4) is 0 Å². The van der Waals surface area contributed by atoms with Gasteiger partial charge in [-0.3, -0.25) is 9.59 Å². The molecule has 1 aliphatic heterocycles. The van der Waals surface area contributed by atoms with Crippen molar-refractivity contribution < 1.29 is 19.4 Å². The third kappa shape index (κ3) is 6.70. The van der Waals surface area contributed by atoms with Crippen LogP contribution in [-0.4, -0.2) is 48.2 Å². The van der Waals surface area contributed by atoms with Crippen molar-refractivity contribution in [1.82, 2.24) is 4.90 Å². The van der Waals surface area contributed by atoms with E-state index in [1.165, 1.54) is 0 Å². The summed E-state index contributed by atoms with van der Waals surface area (Å²) >= 11 is 0. The molecule has 1 rings (SSSR count). The first-order valence-electron chi connectivity index (χ1n) is 6.81. The van der Waals surface area contributed by atoms with Crippen molar-refractivity contribution in [1.29, 1.82) is 0 Å². The van der Waals surface area contributed by atoms with Gasteiger partial charge >= 0.3 is 5.97 Å². The quantitative estimate of drug-likeness (QED) is 0.634. The molecular weight excluding hydrogens is 258 g/mol. The van der Waals surface area contributed by atoms with Gasteiger partial charge in [-0.05, 0) is 53.6 Å². The van der Waals surface area contributed by atoms with Gasteiger partial charge in [0.25, 0.3) is 6.47 Å². The number of hydrogen-bond acceptors (Lipinski definition) is 4. The smallest absolute Gasteiger partial charge is 0.311 e. The fourth-order valence-corrected chi connectivity index (χ4v) is 2.21. The van der Waals surface area contributed by atoms with Crippen LogP contribution in [-0.2, 0) is 14.3 Å². The highest BCUT2D eigenvalue weighted by molar-refractivity contribution is 5.75. The molecule has 0 saturated carbocycles. The maximum atomic E-state index is 11.1. The summed E-state index contributed by atoms with van der Waals surface area (Å²) in [7, 11) is 1.97. The lowest BCUT2D eigenvalue weighted by atomic mass is 9.77. The van der Waals surface area contributed by atoms with Crippen molar-refractivity contribution in [2.45, 2.75) is 45.6 Å². The maximum Gasteiger partial charge on any atom is 0.311 e. The minimum absolute atomic E-state index is 0.318. The minimum Gasteiger partial charge on any atom is -0.481 e. The summed E-state index contributed by atoms with van der Waals surface area (Å²) in [6, 6.07) is 0. The molecule has 0 aromatic heterocycles. The van der Waals surface area contributed by atoms with Crippen LogP contribution in [0.5, 0.6) is 0 Å². The van der Waals surface area contributed by atoms with E-state index in [1.54, 1.807) is 6.08 Å². The average Bonchev–Trinajstić information content (AvgIpc) is 2.28. The highest BCUT2D eigenvalue weighted by Crippen LogP contribution is 2.33. The summed E-state index contributed by atoms with van der Waals surface area (Å²) in [4.78, 5) is 22.8. The standard InChI is InChI=1S/C10H17NO2.C5H10O2/c1-3-5-10(9(12)13)6-4-7-11(2)8-10;1-5(2,3)7-4-6/h3H,1,4-8H2,2H3,(H,12,13);4H,1-3H3. The molecule has 0 radical (unpaired) electrons. The number of carbonyl (C=O) groups excluding carboxylic acids is 1. The number of nitrogens with zero attached hydrogens (tertiary/aromatic N) is 1. The van der Waals surface area contributed by atoms with Gasteiger partial charge in [0.1, 0.15) is 5.60 Å². The van der Waals surface area contributed by atoms with Gasteiger partial charge < -0.3 is 14.7 Å². The second kappa shape index (κ2) is 8.04. The molecule has 1 heterocycles. The molecule has 116 valence electrons. The van der Waals surface area contributed by atoms with Gasteiger partial charge in [0.05, 0.1) is 5.41 Å². The summed E-state index contributed by atoms with van der Waals surface area (Å²) < 4.78 is 4.55. The lowest BCUT2D eigenvalue weighted by Crippen LogP contribution is -2.45. The number of ether oxygens (including phenoxy) is 1. The monoisotopic (exact) mass is 285 g/mol. The molecule has 0 spiro atoms. The Morgan fingerprint density at radius 1 is 1.50 bits per heavy atom. The van der Waals surface area contributed by atoms with Gasteiger partial charge in [0.15, 0.2) is 0 Å². The number of aliphatic carboxylic acids is 1. The number of hydrogen-bond donors (Lipinski definition) is 1. The molecule has 1 fully saturated rings. The largest absolute Gasteiger partial charge is 0.481 e. The molecule has 1 saturated heterocycles. The zero-order chi connectivity index (χ0) is 15.8. The predicted molar refractivity (Wildman–Crippen MR) is 78.5 cm³/mol. The zero-order valence-corrected chi connectivity index (χ0v) is 13.0. The molecule has 0 aromatic rings. The van der Waals surface area contributed by atoms with Crippen molar-refractivity contribution >= 4 is 12.4 Å². The highest BCUT2D eigenvalue weighted by atomic mass is 16.5. The minimum atomic E-state index is -0.682. The van der Waals surface area contributed by atoms with Crippen LogP contribution < -0.4 is 0 Å². The molecule has 1 N–H and O–H groups in total. The molecule has 1 aliphatic rings. The van der Waals surface area contributed by atoms with E-state index >= 15 is 0 Å². The molecule has 5 heteroatoms. The van der Waals surface area contributed by atoms with Crippen molar-refractivity contribution in [3.63, 3.8) is 0 Å². The third-order valence-electron chi connectivity index (χ3n) is 3.16. The topological polar surface area (TPSA) is 66.8 Å². The summed E-state index contributed by atoms with van der Waals surface area (Å²) in [5, 5.41) is 9.16. The lowest BCUT2D eigenvalue weighted by molar-refractivity contribution is -0.152. The van der Waals surface area contributed by atoms with Crippen LogP contribution in [0.3, 0.4) is 0 Å². The number of likely N-dealkylation sites (tertiary alicyclic amines) is 1.